The Kier molecular flexibility index (Phi) is 4.98. The van der Waals surface area contributed by atoms with Crippen LogP contribution in [0.1, 0.15) is 49.8 Å². The standard InChI is InChI=1S/C16H25NO2/c1-6-12(9(2)3)14(16(18)19)13-8-10(4)7-11(5)15(13)17/h7-9,12,14H,6,17H2,1-5H3,(H,18,19). The fourth-order valence-corrected chi connectivity index (χ4v) is 2.91. The van der Waals surface area contributed by atoms with Crippen molar-refractivity contribution in [2.75, 3.05) is 5.73 Å². The SMILES string of the molecule is CCC(C(C)C)C(C(=O)O)c1cc(C)cc(C)c1N. The van der Waals surface area contributed by atoms with E-state index in [9.17, 15) is 9.90 Å². The van der Waals surface area contributed by atoms with Gasteiger partial charge in [-0.05, 0) is 36.8 Å². The Balaban J connectivity index is 3.38. The van der Waals surface area contributed by atoms with E-state index in [1.807, 2.05) is 32.9 Å². The van der Waals surface area contributed by atoms with Crippen LogP contribution in [0.2, 0.25) is 0 Å². The van der Waals surface area contributed by atoms with Gasteiger partial charge < -0.3 is 10.8 Å². The van der Waals surface area contributed by atoms with E-state index in [2.05, 4.69) is 13.8 Å². The van der Waals surface area contributed by atoms with E-state index < -0.39 is 11.9 Å². The lowest BCUT2D eigenvalue weighted by atomic mass is 9.76. The maximum Gasteiger partial charge on any atom is 0.311 e. The number of nitrogen functional groups attached to an aromatic ring is 1. The second-order valence-electron chi connectivity index (χ2n) is 5.72. The molecule has 0 aliphatic carbocycles. The number of hydrogen-bond acceptors (Lipinski definition) is 2. The fraction of sp³-hybridized carbons (Fsp3) is 0.562. The van der Waals surface area contributed by atoms with Crippen molar-refractivity contribution in [3.63, 3.8) is 0 Å². The molecule has 1 aromatic carbocycles. The Morgan fingerprint density at radius 3 is 2.32 bits per heavy atom. The Bertz CT molecular complexity index is 466. The van der Waals surface area contributed by atoms with Gasteiger partial charge >= 0.3 is 5.97 Å². The topological polar surface area (TPSA) is 63.3 Å². The largest absolute Gasteiger partial charge is 0.481 e. The zero-order valence-corrected chi connectivity index (χ0v) is 12.5. The highest BCUT2D eigenvalue weighted by Gasteiger charge is 2.32. The van der Waals surface area contributed by atoms with Gasteiger partial charge in [0.25, 0.3) is 0 Å². The lowest BCUT2D eigenvalue weighted by molar-refractivity contribution is -0.140. The van der Waals surface area contributed by atoms with Gasteiger partial charge in [-0.1, -0.05) is 44.9 Å². The average molecular weight is 263 g/mol. The third kappa shape index (κ3) is 3.28. The average Bonchev–Trinajstić information content (AvgIpc) is 2.30. The van der Waals surface area contributed by atoms with Crippen molar-refractivity contribution < 1.29 is 9.90 Å². The van der Waals surface area contributed by atoms with Crippen molar-refractivity contribution in [3.05, 3.63) is 28.8 Å². The van der Waals surface area contributed by atoms with Crippen molar-refractivity contribution in [3.8, 4) is 0 Å². The maximum absolute atomic E-state index is 11.7. The number of hydrogen-bond donors (Lipinski definition) is 2. The summed E-state index contributed by atoms with van der Waals surface area (Å²) in [6, 6.07) is 3.92. The minimum atomic E-state index is -0.780. The first-order valence-electron chi connectivity index (χ1n) is 6.89. The van der Waals surface area contributed by atoms with Crippen molar-refractivity contribution in [2.24, 2.45) is 11.8 Å². The van der Waals surface area contributed by atoms with Crippen molar-refractivity contribution in [2.45, 2.75) is 47.0 Å². The molecule has 19 heavy (non-hydrogen) atoms. The Morgan fingerprint density at radius 1 is 1.32 bits per heavy atom. The predicted molar refractivity (Wildman–Crippen MR) is 79.3 cm³/mol. The molecular formula is C16H25NO2. The quantitative estimate of drug-likeness (QED) is 0.795. The van der Waals surface area contributed by atoms with E-state index in [-0.39, 0.29) is 5.92 Å². The van der Waals surface area contributed by atoms with Crippen LogP contribution < -0.4 is 5.73 Å². The zero-order valence-electron chi connectivity index (χ0n) is 12.5. The first-order valence-corrected chi connectivity index (χ1v) is 6.89. The summed E-state index contributed by atoms with van der Waals surface area (Å²) < 4.78 is 0. The molecule has 0 saturated heterocycles. The fourth-order valence-electron chi connectivity index (χ4n) is 2.91. The molecule has 0 aromatic heterocycles. The van der Waals surface area contributed by atoms with Crippen LogP contribution >= 0.6 is 0 Å². The molecule has 0 fully saturated rings. The third-order valence-electron chi connectivity index (χ3n) is 3.92. The smallest absolute Gasteiger partial charge is 0.311 e. The highest BCUT2D eigenvalue weighted by Crippen LogP contribution is 2.37. The lowest BCUT2D eigenvalue weighted by Gasteiger charge is -2.28. The number of aryl methyl sites for hydroxylation is 2. The zero-order chi connectivity index (χ0) is 14.7. The number of aliphatic carboxylic acids is 1. The molecule has 0 heterocycles. The van der Waals surface area contributed by atoms with Gasteiger partial charge in [0.15, 0.2) is 0 Å². The minimum Gasteiger partial charge on any atom is -0.481 e. The minimum absolute atomic E-state index is 0.0981. The molecule has 3 N–H and O–H groups in total. The van der Waals surface area contributed by atoms with E-state index in [4.69, 9.17) is 5.73 Å². The summed E-state index contributed by atoms with van der Waals surface area (Å²) in [5.74, 6) is -0.895. The van der Waals surface area contributed by atoms with E-state index in [1.54, 1.807) is 0 Å². The van der Waals surface area contributed by atoms with Crippen LogP contribution in [0.5, 0.6) is 0 Å². The molecule has 1 aromatic rings. The molecule has 106 valence electrons. The summed E-state index contributed by atoms with van der Waals surface area (Å²) in [7, 11) is 0. The lowest BCUT2D eigenvalue weighted by Crippen LogP contribution is -2.26. The maximum atomic E-state index is 11.7. The van der Waals surface area contributed by atoms with Gasteiger partial charge in [0, 0.05) is 5.69 Å². The van der Waals surface area contributed by atoms with Crippen molar-refractivity contribution in [1.82, 2.24) is 0 Å². The van der Waals surface area contributed by atoms with Crippen LogP contribution in [-0.2, 0) is 4.79 Å². The molecule has 0 aliphatic rings. The van der Waals surface area contributed by atoms with Crippen LogP contribution in [0.3, 0.4) is 0 Å². The van der Waals surface area contributed by atoms with Crippen molar-refractivity contribution in [1.29, 1.82) is 0 Å². The van der Waals surface area contributed by atoms with E-state index in [0.29, 0.717) is 11.6 Å². The number of nitrogens with two attached hydrogens (primary N) is 1. The van der Waals surface area contributed by atoms with Crippen LogP contribution in [0.15, 0.2) is 12.1 Å². The second kappa shape index (κ2) is 6.09. The van der Waals surface area contributed by atoms with Crippen LogP contribution in [0, 0.1) is 25.7 Å². The molecule has 3 heteroatoms. The van der Waals surface area contributed by atoms with Gasteiger partial charge in [-0.3, -0.25) is 4.79 Å². The highest BCUT2D eigenvalue weighted by atomic mass is 16.4. The molecule has 0 saturated carbocycles. The number of carboxylic acids is 1. The van der Waals surface area contributed by atoms with E-state index in [0.717, 1.165) is 23.1 Å². The predicted octanol–water partition coefficient (Wildman–Crippen LogP) is 3.74. The van der Waals surface area contributed by atoms with Gasteiger partial charge in [-0.2, -0.15) is 0 Å². The molecule has 2 atom stereocenters. The summed E-state index contributed by atoms with van der Waals surface area (Å²) in [6.45, 7) is 10.1. The molecule has 2 unspecified atom stereocenters. The normalized spacial score (nSPS) is 14.4. The molecule has 0 radical (unpaired) electrons. The van der Waals surface area contributed by atoms with Gasteiger partial charge in [-0.25, -0.2) is 0 Å². The number of rotatable bonds is 5. The van der Waals surface area contributed by atoms with E-state index in [1.165, 1.54) is 0 Å². The summed E-state index contributed by atoms with van der Waals surface area (Å²) in [5, 5.41) is 9.63. The first-order chi connectivity index (χ1) is 8.79. The van der Waals surface area contributed by atoms with Crippen molar-refractivity contribution >= 4 is 11.7 Å². The number of benzene rings is 1. The molecular weight excluding hydrogens is 238 g/mol. The van der Waals surface area contributed by atoms with Gasteiger partial charge in [0.2, 0.25) is 0 Å². The summed E-state index contributed by atoms with van der Waals surface area (Å²) in [4.78, 5) is 11.7. The summed E-state index contributed by atoms with van der Waals surface area (Å²) in [6.07, 6.45) is 0.834. The van der Waals surface area contributed by atoms with E-state index >= 15 is 0 Å². The summed E-state index contributed by atoms with van der Waals surface area (Å²) in [5.41, 5.74) is 9.53. The van der Waals surface area contributed by atoms with Gasteiger partial charge in [0.05, 0.1) is 5.92 Å². The Hall–Kier alpha value is -1.51. The summed E-state index contributed by atoms with van der Waals surface area (Å²) >= 11 is 0. The third-order valence-corrected chi connectivity index (χ3v) is 3.92. The number of anilines is 1. The number of carboxylic acid groups (broad SMARTS) is 1. The molecule has 0 amide bonds. The van der Waals surface area contributed by atoms with Gasteiger partial charge in [0.1, 0.15) is 0 Å². The Morgan fingerprint density at radius 2 is 1.89 bits per heavy atom. The monoisotopic (exact) mass is 263 g/mol. The highest BCUT2D eigenvalue weighted by molar-refractivity contribution is 5.80. The molecule has 0 bridgehead atoms. The van der Waals surface area contributed by atoms with Crippen LogP contribution in [0.4, 0.5) is 5.69 Å². The van der Waals surface area contributed by atoms with Crippen LogP contribution in [-0.4, -0.2) is 11.1 Å². The number of carbonyl (C=O) groups is 1. The Labute approximate surface area is 115 Å². The molecule has 3 nitrogen and oxygen atoms in total. The van der Waals surface area contributed by atoms with Gasteiger partial charge in [-0.15, -0.1) is 0 Å². The first kappa shape index (κ1) is 15.5. The second-order valence-corrected chi connectivity index (χ2v) is 5.72. The molecule has 0 aliphatic heterocycles. The molecule has 0 spiro atoms. The van der Waals surface area contributed by atoms with Crippen LogP contribution in [0.25, 0.3) is 0 Å². The molecule has 1 rings (SSSR count).